The number of aryl methyl sites for hydroxylation is 2. The molecule has 18 nitrogen and oxygen atoms in total. The summed E-state index contributed by atoms with van der Waals surface area (Å²) in [4.78, 5) is 34.7. The number of benzene rings is 2. The van der Waals surface area contributed by atoms with E-state index in [4.69, 9.17) is 58.2 Å². The molecule has 5 aliphatic heterocycles. The fraction of sp³-hybridized carbons (Fsp3) is 0.511. The van der Waals surface area contributed by atoms with Gasteiger partial charge in [-0.1, -0.05) is 0 Å². The molecule has 0 spiro atoms. The van der Waals surface area contributed by atoms with Crippen LogP contribution in [-0.2, 0) is 59.1 Å². The number of nitrogens with two attached hydrogens (primary N) is 1. The Bertz CT molecular complexity index is 2350. The van der Waals surface area contributed by atoms with Crippen LogP contribution < -0.4 is 40.9 Å². The number of methoxy groups -OCH3 is 4. The number of aliphatic hydroxyl groups is 1. The lowest BCUT2D eigenvalue weighted by Crippen LogP contribution is -2.35. The second-order valence-corrected chi connectivity index (χ2v) is 15.6. The van der Waals surface area contributed by atoms with Crippen LogP contribution in [0.25, 0.3) is 22.5 Å². The molecule has 0 amide bonds. The molecule has 7 heterocycles. The van der Waals surface area contributed by atoms with Crippen LogP contribution in [0.1, 0.15) is 22.3 Å². The van der Waals surface area contributed by atoms with Gasteiger partial charge in [-0.2, -0.15) is 0 Å². The van der Waals surface area contributed by atoms with Crippen molar-refractivity contribution in [2.75, 3.05) is 112 Å². The van der Waals surface area contributed by atoms with E-state index in [-0.39, 0.29) is 35.8 Å². The van der Waals surface area contributed by atoms with E-state index in [1.807, 2.05) is 42.7 Å². The molecule has 65 heavy (non-hydrogen) atoms. The molecule has 354 valence electrons. The number of carbonyl (C=O) groups excluding carboxylic acids is 1. The summed E-state index contributed by atoms with van der Waals surface area (Å²) < 4.78 is 56.9. The van der Waals surface area contributed by atoms with Crippen molar-refractivity contribution in [1.82, 2.24) is 9.13 Å². The van der Waals surface area contributed by atoms with Gasteiger partial charge in [0.15, 0.2) is 40.1 Å². The van der Waals surface area contributed by atoms with Crippen LogP contribution in [0.2, 0.25) is 0 Å². The standard InChI is InChI=1S/C21H26N2O5.C16H18N2O3.C5H10O3.C5H8O3/c1-13-17(24)10-20(22-11-15-12-27-6-7-28-15)23-5-4-14-8-18(25-2)19(26-3)9-16(14)21(13)23;1-9-12(19)8-15(17)18-5-4-10-6-13(20-2)14(21-3)7-11(10)16(9)18;2*6-3-5-4-7-1-2-8-5/h8-10,15,22H,4-7,11-12H2,1-3H3;6-8H,4-5,17H2,1-3H3;5-6H,1-4H2;3,5H,1-2,4H2/t15-;;2*5-/m1.11/s1. The fourth-order valence-electron chi connectivity index (χ4n) is 8.09. The van der Waals surface area contributed by atoms with Crippen LogP contribution in [0, 0.1) is 13.8 Å². The Morgan fingerprint density at radius 3 is 1.58 bits per heavy atom. The zero-order valence-electron chi connectivity index (χ0n) is 38.1. The Hall–Kier alpha value is -5.47. The molecule has 9 rings (SSSR count). The third kappa shape index (κ3) is 11.9. The Kier molecular flexibility index (Phi) is 17.8. The van der Waals surface area contributed by atoms with Crippen molar-refractivity contribution >= 4 is 17.9 Å². The van der Waals surface area contributed by atoms with Gasteiger partial charge in [0.25, 0.3) is 0 Å². The third-order valence-corrected chi connectivity index (χ3v) is 11.6. The van der Waals surface area contributed by atoms with E-state index in [2.05, 4.69) is 9.88 Å². The topological polar surface area (TPSA) is 212 Å². The summed E-state index contributed by atoms with van der Waals surface area (Å²) in [6.45, 7) is 11.1. The number of hydrogen-bond donors (Lipinski definition) is 3. The van der Waals surface area contributed by atoms with E-state index >= 15 is 0 Å². The largest absolute Gasteiger partial charge is 0.493 e. The van der Waals surface area contributed by atoms with Crippen LogP contribution in [-0.4, -0.2) is 140 Å². The van der Waals surface area contributed by atoms with Crippen molar-refractivity contribution < 1.29 is 57.3 Å². The number of aldehydes is 1. The van der Waals surface area contributed by atoms with E-state index in [9.17, 15) is 14.4 Å². The summed E-state index contributed by atoms with van der Waals surface area (Å²) in [6, 6.07) is 11.0. The number of pyridine rings is 2. The van der Waals surface area contributed by atoms with Crippen molar-refractivity contribution in [3.8, 4) is 45.5 Å². The Morgan fingerprint density at radius 2 is 1.14 bits per heavy atom. The summed E-state index contributed by atoms with van der Waals surface area (Å²) in [5.41, 5.74) is 13.5. The molecule has 3 saturated heterocycles. The third-order valence-electron chi connectivity index (χ3n) is 11.6. The van der Waals surface area contributed by atoms with E-state index in [1.165, 1.54) is 6.07 Å². The number of aromatic nitrogens is 2. The number of nitrogen functional groups attached to an aromatic ring is 1. The van der Waals surface area contributed by atoms with Gasteiger partial charge in [-0.25, -0.2) is 0 Å². The Labute approximate surface area is 378 Å². The van der Waals surface area contributed by atoms with E-state index < -0.39 is 0 Å². The maximum atomic E-state index is 12.7. The van der Waals surface area contributed by atoms with Crippen LogP contribution in [0.3, 0.4) is 0 Å². The molecule has 2 aromatic carbocycles. The molecular formula is C47H62N4O14. The van der Waals surface area contributed by atoms with Gasteiger partial charge in [0.05, 0.1) is 112 Å². The highest BCUT2D eigenvalue weighted by Gasteiger charge is 2.26. The molecule has 18 heteroatoms. The molecule has 0 radical (unpaired) electrons. The second-order valence-electron chi connectivity index (χ2n) is 15.6. The number of fused-ring (bicyclic) bond motifs is 6. The number of rotatable bonds is 9. The predicted octanol–water partition coefficient (Wildman–Crippen LogP) is 3.20. The fourth-order valence-corrected chi connectivity index (χ4v) is 8.09. The lowest BCUT2D eigenvalue weighted by Gasteiger charge is -2.29. The van der Waals surface area contributed by atoms with Crippen LogP contribution in [0.15, 0.2) is 46.0 Å². The van der Waals surface area contributed by atoms with Gasteiger partial charge in [0, 0.05) is 54.0 Å². The number of nitrogens with one attached hydrogen (secondary N) is 1. The number of anilines is 2. The smallest absolute Gasteiger partial charge is 0.187 e. The zero-order valence-corrected chi connectivity index (χ0v) is 38.1. The van der Waals surface area contributed by atoms with Gasteiger partial charge in [-0.15, -0.1) is 0 Å². The molecule has 4 N–H and O–H groups in total. The monoisotopic (exact) mass is 906 g/mol. The van der Waals surface area contributed by atoms with Gasteiger partial charge < -0.3 is 77.5 Å². The van der Waals surface area contributed by atoms with E-state index in [0.717, 1.165) is 77.2 Å². The van der Waals surface area contributed by atoms with Crippen LogP contribution in [0.5, 0.6) is 23.0 Å². The molecular weight excluding hydrogens is 845 g/mol. The maximum absolute atomic E-state index is 12.7. The zero-order chi connectivity index (χ0) is 46.5. The molecule has 0 unspecified atom stereocenters. The maximum Gasteiger partial charge on any atom is 0.187 e. The first-order chi connectivity index (χ1) is 31.5. The summed E-state index contributed by atoms with van der Waals surface area (Å²) in [5.74, 6) is 4.03. The van der Waals surface area contributed by atoms with Gasteiger partial charge >= 0.3 is 0 Å². The van der Waals surface area contributed by atoms with Crippen molar-refractivity contribution in [2.24, 2.45) is 0 Å². The molecule has 3 atom stereocenters. The minimum absolute atomic E-state index is 0.0113. The average molecular weight is 907 g/mol. The summed E-state index contributed by atoms with van der Waals surface area (Å²) in [5, 5.41) is 11.9. The first-order valence-electron chi connectivity index (χ1n) is 21.7. The molecule has 2 aromatic heterocycles. The number of hydrogen-bond acceptors (Lipinski definition) is 16. The lowest BCUT2D eigenvalue weighted by atomic mass is 9.93. The molecule has 0 aliphatic carbocycles. The first-order valence-corrected chi connectivity index (χ1v) is 21.7. The van der Waals surface area contributed by atoms with Crippen molar-refractivity contribution in [3.05, 3.63) is 79.1 Å². The predicted molar refractivity (Wildman–Crippen MR) is 243 cm³/mol. The first kappa shape index (κ1) is 49.0. The second kappa shape index (κ2) is 23.6. The van der Waals surface area contributed by atoms with E-state index in [1.54, 1.807) is 34.5 Å². The summed E-state index contributed by atoms with van der Waals surface area (Å²) in [7, 11) is 6.48. The number of nitrogens with zero attached hydrogens (tertiary/aromatic N) is 2. The van der Waals surface area contributed by atoms with E-state index in [0.29, 0.717) is 100 Å². The van der Waals surface area contributed by atoms with Gasteiger partial charge in [0.1, 0.15) is 23.8 Å². The SMILES string of the molecule is COc1cc2c(cc1OC)-c1c(C)c(=O)cc(N)n1CC2.COc1cc2c(cc1OC)-c1c(C)c(=O)cc(NC[C@@H]3COCCO3)n1CC2.O=C[C@@H]1COCCO1.OC[C@@H]1COCCO1. The van der Waals surface area contributed by atoms with Crippen LogP contribution >= 0.6 is 0 Å². The quantitative estimate of drug-likeness (QED) is 0.206. The van der Waals surface area contributed by atoms with Crippen LogP contribution in [0.4, 0.5) is 11.6 Å². The molecule has 5 aliphatic rings. The Balaban J connectivity index is 0.000000164. The van der Waals surface area contributed by atoms with Crippen molar-refractivity contribution in [1.29, 1.82) is 0 Å². The number of carbonyl (C=O) groups is 1. The van der Waals surface area contributed by atoms with Gasteiger partial charge in [-0.3, -0.25) is 9.59 Å². The summed E-state index contributed by atoms with van der Waals surface area (Å²) >= 11 is 0. The summed E-state index contributed by atoms with van der Waals surface area (Å²) in [6.07, 6.45) is 2.05. The minimum atomic E-state index is -0.316. The van der Waals surface area contributed by atoms with Crippen molar-refractivity contribution in [2.45, 2.75) is 58.1 Å². The number of ether oxygens (including phenoxy) is 10. The average Bonchev–Trinajstić information content (AvgIpc) is 3.36. The molecule has 4 aromatic rings. The minimum Gasteiger partial charge on any atom is -0.493 e. The lowest BCUT2D eigenvalue weighted by molar-refractivity contribution is -0.133. The normalized spacial score (nSPS) is 19.3. The molecule has 0 bridgehead atoms. The highest BCUT2D eigenvalue weighted by atomic mass is 16.6. The highest BCUT2D eigenvalue weighted by Crippen LogP contribution is 2.41. The van der Waals surface area contributed by atoms with Gasteiger partial charge in [-0.05, 0) is 62.1 Å². The molecule has 3 fully saturated rings. The number of aliphatic hydroxyl groups excluding tert-OH is 1. The highest BCUT2D eigenvalue weighted by molar-refractivity contribution is 5.75. The Morgan fingerprint density at radius 1 is 0.662 bits per heavy atom. The van der Waals surface area contributed by atoms with Gasteiger partial charge in [0.2, 0.25) is 0 Å². The van der Waals surface area contributed by atoms with Crippen molar-refractivity contribution in [3.63, 3.8) is 0 Å². The molecule has 0 saturated carbocycles.